The van der Waals surface area contributed by atoms with E-state index in [1.54, 1.807) is 6.26 Å². The van der Waals surface area contributed by atoms with Gasteiger partial charge < -0.3 is 155 Å². The first-order valence-electron chi connectivity index (χ1n) is 34.6. The molecule has 0 saturated heterocycles. The number of rotatable bonds is 58. The van der Waals surface area contributed by atoms with E-state index in [4.69, 9.17) is 39.5 Å². The van der Waals surface area contributed by atoms with E-state index >= 15 is 0 Å². The summed E-state index contributed by atoms with van der Waals surface area (Å²) >= 11 is 1.19. The molecule has 0 aliphatic carbocycles. The zero-order chi connectivity index (χ0) is 87.6. The Kier molecular flexibility index (Phi) is 47.3. The van der Waals surface area contributed by atoms with Gasteiger partial charge in [-0.05, 0) is 84.3 Å². The number of nitrogens with two attached hydrogens (primary N) is 6. The minimum absolute atomic E-state index is 0.0856. The van der Waals surface area contributed by atoms with Crippen LogP contribution in [-0.4, -0.2) is 317 Å². The van der Waals surface area contributed by atoms with Crippen molar-refractivity contribution in [3.8, 4) is 0 Å². The van der Waals surface area contributed by atoms with E-state index in [1.807, 2.05) is 42.5 Å². The van der Waals surface area contributed by atoms with Crippen LogP contribution < -0.4 is 109 Å². The second-order valence-corrected chi connectivity index (χ2v) is 26.4. The minimum Gasteiger partial charge on any atom is -0.481 e. The number of carboxylic acids is 4. The Morgan fingerprint density at radius 3 is 1.04 bits per heavy atom. The fourth-order valence-electron chi connectivity index (χ4n) is 9.70. The molecule has 0 aromatic carbocycles. The van der Waals surface area contributed by atoms with E-state index in [0.717, 1.165) is 20.8 Å². The van der Waals surface area contributed by atoms with Crippen molar-refractivity contribution in [2.24, 2.45) is 34.4 Å². The highest BCUT2D eigenvalue weighted by Gasteiger charge is 2.40. The standard InChI is InChI=1S/C62H102N20O31S/c1-24(85)46(80-52(102)28(7-5-6-15-63)71-51(101)30(14-16-114-4)73-60(110)47(25(2)86)81-56(106)35(20-45(97)98)75-49(99)27(64)8-11-38(65)88)59(109)69-21-42(92)70-36(22-83)57(107)79-37(23-84)58(108)82-48(26(3)87)61(111)78-34(19-41(68)91)55(105)77-33(18-40(67)90)54(104)76-32(17-39(66)89)53(103)72-29(9-12-43(93)94)50(100)74-31(62(112)113)10-13-44(95)96/h24-37,46-48,83-87H,5-23,63-64H2,1-4H3,(H2,65,88)(H2,66,89)(H2,67,90)(H2,68,91)(H,69,109)(H,70,92)(H,71,101)(H,72,103)(H,73,110)(H,74,100)(H,75,99)(H,76,104)(H,77,105)(H,78,111)(H,79,107)(H,80,102)(H,81,106)(H,82,108)(H,93,94)(H,95,96)(H,97,98)(H,112,113)/t24-,25-,26-,27+,28+,29+,30+,31+,32+,33+,34+,35+,36+,37+,46+,47+,48+/m1/s1. The van der Waals surface area contributed by atoms with Crippen LogP contribution in [0.25, 0.3) is 0 Å². The van der Waals surface area contributed by atoms with Gasteiger partial charge in [0.2, 0.25) is 106 Å². The number of amides is 18. The van der Waals surface area contributed by atoms with Crippen molar-refractivity contribution in [1.29, 1.82) is 0 Å². The van der Waals surface area contributed by atoms with Gasteiger partial charge in [0.05, 0.1) is 69.8 Å². The zero-order valence-electron chi connectivity index (χ0n) is 62.1. The van der Waals surface area contributed by atoms with E-state index < -0.39 is 304 Å². The Morgan fingerprint density at radius 2 is 0.649 bits per heavy atom. The summed E-state index contributed by atoms with van der Waals surface area (Å²) in [5.74, 6) is -30.2. The van der Waals surface area contributed by atoms with E-state index in [-0.39, 0.29) is 50.8 Å². The number of aliphatic hydroxyl groups is 5. The number of aliphatic hydroxyl groups excluding tert-OH is 5. The van der Waals surface area contributed by atoms with E-state index in [0.29, 0.717) is 0 Å². The third-order valence-electron chi connectivity index (χ3n) is 15.8. The number of carbonyl (C=O) groups is 22. The molecule has 0 aromatic rings. The van der Waals surface area contributed by atoms with Crippen LogP contribution in [0.3, 0.4) is 0 Å². The summed E-state index contributed by atoms with van der Waals surface area (Å²) < 4.78 is 0. The molecule has 114 heavy (non-hydrogen) atoms. The van der Waals surface area contributed by atoms with Crippen molar-refractivity contribution < 1.29 is 151 Å². The fourth-order valence-corrected chi connectivity index (χ4v) is 10.2. The molecule has 0 fully saturated rings. The molecule has 0 aliphatic rings. The number of aliphatic carboxylic acids is 4. The molecule has 18 amide bonds. The van der Waals surface area contributed by atoms with Crippen molar-refractivity contribution in [2.45, 2.75) is 214 Å². The molecule has 0 unspecified atom stereocenters. The van der Waals surface area contributed by atoms with Gasteiger partial charge in [-0.15, -0.1) is 0 Å². The van der Waals surface area contributed by atoms with Crippen LogP contribution in [0.15, 0.2) is 0 Å². The molecule has 0 bridgehead atoms. The molecule has 51 nitrogen and oxygen atoms in total. The Bertz CT molecular complexity index is 3440. The molecule has 35 N–H and O–H groups in total. The van der Waals surface area contributed by atoms with Crippen LogP contribution in [0.4, 0.5) is 0 Å². The molecule has 17 atom stereocenters. The Hall–Kier alpha value is -11.6. The lowest BCUT2D eigenvalue weighted by Crippen LogP contribution is -2.63. The highest BCUT2D eigenvalue weighted by atomic mass is 32.2. The molecular formula is C62H102N20O31S. The Morgan fingerprint density at radius 1 is 0.333 bits per heavy atom. The zero-order valence-corrected chi connectivity index (χ0v) is 62.9. The number of nitrogens with one attached hydrogen (secondary N) is 14. The van der Waals surface area contributed by atoms with Gasteiger partial charge in [0.25, 0.3) is 0 Å². The maximum absolute atomic E-state index is 14.0. The maximum Gasteiger partial charge on any atom is 0.326 e. The van der Waals surface area contributed by atoms with Gasteiger partial charge in [-0.25, -0.2) is 4.79 Å². The topological polar surface area (TPSA) is 882 Å². The molecule has 0 radical (unpaired) electrons. The van der Waals surface area contributed by atoms with Crippen LogP contribution in [0.2, 0.25) is 0 Å². The van der Waals surface area contributed by atoms with Crippen molar-refractivity contribution in [3.05, 3.63) is 0 Å². The summed E-state index contributed by atoms with van der Waals surface area (Å²) in [4.78, 5) is 283. The highest BCUT2D eigenvalue weighted by Crippen LogP contribution is 2.12. The van der Waals surface area contributed by atoms with Gasteiger partial charge in [-0.3, -0.25) is 101 Å². The summed E-state index contributed by atoms with van der Waals surface area (Å²) in [6, 6.07) is -27.4. The quantitative estimate of drug-likeness (QED) is 0.0251. The summed E-state index contributed by atoms with van der Waals surface area (Å²) in [6.45, 7) is -0.731. The molecule has 0 spiro atoms. The molecular weight excluding hydrogens is 1550 g/mol. The average Bonchev–Trinajstić information content (AvgIpc) is 0.856. The molecule has 0 aromatic heterocycles. The SMILES string of the molecule is CSCC[C@H](NC(=O)[C@@H](NC(=O)[C@H](CC(=O)O)NC(=O)[C@@H](N)CCC(N)=O)[C@@H](C)O)C(=O)N[C@@H](CCCCN)C(=O)N[C@H](C(=O)NCC(=O)N[C@@H](CO)C(=O)N[C@@H](CO)C(=O)N[C@H](C(=O)N[C@@H](CC(N)=O)C(=O)N[C@@H](CC(N)=O)C(=O)N[C@@H](CC(N)=O)C(=O)N[C@@H](CCC(=O)O)C(=O)N[C@@H](CCC(=O)O)C(=O)O)[C@@H](C)O)[C@@H](C)O. The number of thioether (sulfide) groups is 1. The first kappa shape index (κ1) is 102. The summed E-state index contributed by atoms with van der Waals surface area (Å²) in [6.07, 6.45) is -12.3. The largest absolute Gasteiger partial charge is 0.481 e. The molecule has 0 heterocycles. The highest BCUT2D eigenvalue weighted by molar-refractivity contribution is 7.98. The molecule has 52 heteroatoms. The van der Waals surface area contributed by atoms with Gasteiger partial charge in [0.1, 0.15) is 78.5 Å². The number of carboxylic acid groups (broad SMARTS) is 4. The number of primary amides is 4. The number of hydrogen-bond acceptors (Lipinski definition) is 30. The third-order valence-corrected chi connectivity index (χ3v) is 16.4. The number of hydrogen-bond donors (Lipinski definition) is 29. The normalized spacial score (nSPS) is 15.4. The van der Waals surface area contributed by atoms with Crippen LogP contribution in [0.1, 0.15) is 111 Å². The lowest BCUT2D eigenvalue weighted by atomic mass is 10.0. The van der Waals surface area contributed by atoms with Crippen LogP contribution in [0, 0.1) is 0 Å². The maximum atomic E-state index is 14.0. The predicted molar refractivity (Wildman–Crippen MR) is 385 cm³/mol. The van der Waals surface area contributed by atoms with Gasteiger partial charge >= 0.3 is 23.9 Å². The van der Waals surface area contributed by atoms with E-state index in [9.17, 15) is 146 Å². The molecule has 0 saturated carbocycles. The second-order valence-electron chi connectivity index (χ2n) is 25.4. The lowest BCUT2D eigenvalue weighted by molar-refractivity contribution is -0.144. The smallest absolute Gasteiger partial charge is 0.326 e. The van der Waals surface area contributed by atoms with E-state index in [1.165, 1.54) is 11.8 Å². The Balaban J connectivity index is 6.54. The van der Waals surface area contributed by atoms with Crippen LogP contribution in [0.5, 0.6) is 0 Å². The first-order valence-corrected chi connectivity index (χ1v) is 36.0. The van der Waals surface area contributed by atoms with Gasteiger partial charge in [0.15, 0.2) is 0 Å². The third kappa shape index (κ3) is 40.0. The second kappa shape index (κ2) is 52.6. The van der Waals surface area contributed by atoms with Gasteiger partial charge in [-0.2, -0.15) is 11.8 Å². The number of carbonyl (C=O) groups excluding carboxylic acids is 18. The lowest BCUT2D eigenvalue weighted by Gasteiger charge is -2.28. The van der Waals surface area contributed by atoms with Crippen molar-refractivity contribution in [3.63, 3.8) is 0 Å². The number of unbranched alkanes of at least 4 members (excludes halogenated alkanes) is 1. The molecule has 642 valence electrons. The van der Waals surface area contributed by atoms with Gasteiger partial charge in [-0.1, -0.05) is 0 Å². The van der Waals surface area contributed by atoms with Crippen molar-refractivity contribution in [2.75, 3.05) is 38.3 Å². The van der Waals surface area contributed by atoms with Crippen LogP contribution >= 0.6 is 11.8 Å². The minimum atomic E-state index is -2.24. The predicted octanol–water partition coefficient (Wildman–Crippen LogP) is -16.1. The summed E-state index contributed by atoms with van der Waals surface area (Å²) in [5.41, 5.74) is 32.4. The molecule has 0 aliphatic heterocycles. The molecule has 0 rings (SSSR count). The Labute approximate surface area is 652 Å². The fraction of sp³-hybridized carbons (Fsp3) is 0.645. The average molecular weight is 1660 g/mol. The van der Waals surface area contributed by atoms with Crippen LogP contribution in [-0.2, 0) is 105 Å². The van der Waals surface area contributed by atoms with Gasteiger partial charge in [0, 0.05) is 19.3 Å². The summed E-state index contributed by atoms with van der Waals surface area (Å²) in [5, 5.41) is 118. The monoisotopic (exact) mass is 1650 g/mol. The van der Waals surface area contributed by atoms with Crippen molar-refractivity contribution >= 4 is 142 Å². The van der Waals surface area contributed by atoms with Crippen molar-refractivity contribution in [1.82, 2.24) is 74.4 Å². The van der Waals surface area contributed by atoms with E-state index in [2.05, 4.69) is 31.9 Å². The first-order chi connectivity index (χ1) is 53.1. The summed E-state index contributed by atoms with van der Waals surface area (Å²) in [7, 11) is 0.